The molecule has 0 aromatic heterocycles. The maximum absolute atomic E-state index is 11.1. The molecule has 0 aliphatic rings. The summed E-state index contributed by atoms with van der Waals surface area (Å²) in [4.78, 5) is 11.1. The summed E-state index contributed by atoms with van der Waals surface area (Å²) in [7, 11) is 1.30. The molecule has 0 aliphatic carbocycles. The highest BCUT2D eigenvalue weighted by Gasteiger charge is 2.29. The maximum Gasteiger partial charge on any atom is 0.327 e. The molecule has 0 spiro atoms. The van der Waals surface area contributed by atoms with Crippen molar-refractivity contribution in [3.8, 4) is 0 Å². The van der Waals surface area contributed by atoms with E-state index < -0.39 is 11.5 Å². The van der Waals surface area contributed by atoms with Gasteiger partial charge in [-0.1, -0.05) is 0 Å². The molecule has 15 heavy (non-hydrogen) atoms. The van der Waals surface area contributed by atoms with Crippen LogP contribution in [0.3, 0.4) is 0 Å². The van der Waals surface area contributed by atoms with Gasteiger partial charge in [0.1, 0.15) is 5.54 Å². The Morgan fingerprint density at radius 2 is 2.00 bits per heavy atom. The lowest BCUT2D eigenvalue weighted by molar-refractivity contribution is -0.149. The molecule has 1 unspecified atom stereocenters. The van der Waals surface area contributed by atoms with Gasteiger partial charge in [-0.3, -0.25) is 0 Å². The minimum atomic E-state index is -1.09. The van der Waals surface area contributed by atoms with Gasteiger partial charge in [0.2, 0.25) is 0 Å². The van der Waals surface area contributed by atoms with Crippen LogP contribution in [0.5, 0.6) is 0 Å². The van der Waals surface area contributed by atoms with Crippen LogP contribution in [0, 0.1) is 0 Å². The predicted molar refractivity (Wildman–Crippen MR) is 56.5 cm³/mol. The minimum Gasteiger partial charge on any atom is -0.468 e. The molecule has 0 fully saturated rings. The Hall–Kier alpha value is -0.650. The fourth-order valence-corrected chi connectivity index (χ4v) is 0.919. The molecule has 0 bridgehead atoms. The number of methoxy groups -OCH3 is 1. The SMILES string of the molecule is COC(=O)C(C)(N)COCCOC(C)C. The van der Waals surface area contributed by atoms with E-state index in [1.165, 1.54) is 7.11 Å². The van der Waals surface area contributed by atoms with Crippen LogP contribution in [0.15, 0.2) is 0 Å². The Balaban J connectivity index is 3.62. The topological polar surface area (TPSA) is 70.8 Å². The van der Waals surface area contributed by atoms with E-state index in [0.717, 1.165) is 0 Å². The van der Waals surface area contributed by atoms with Crippen molar-refractivity contribution in [1.82, 2.24) is 0 Å². The number of nitrogens with two attached hydrogens (primary N) is 1. The second kappa shape index (κ2) is 6.76. The third-order valence-electron chi connectivity index (χ3n) is 1.73. The van der Waals surface area contributed by atoms with Gasteiger partial charge in [-0.15, -0.1) is 0 Å². The van der Waals surface area contributed by atoms with Crippen molar-refractivity contribution in [3.05, 3.63) is 0 Å². The fourth-order valence-electron chi connectivity index (χ4n) is 0.919. The first-order valence-electron chi connectivity index (χ1n) is 4.97. The van der Waals surface area contributed by atoms with Crippen LogP contribution >= 0.6 is 0 Å². The van der Waals surface area contributed by atoms with Crippen LogP contribution in [0.1, 0.15) is 20.8 Å². The molecule has 0 saturated heterocycles. The zero-order chi connectivity index (χ0) is 11.9. The monoisotopic (exact) mass is 219 g/mol. The number of hydrogen-bond donors (Lipinski definition) is 1. The van der Waals surface area contributed by atoms with Gasteiger partial charge in [-0.2, -0.15) is 0 Å². The molecular formula is C10H21NO4. The van der Waals surface area contributed by atoms with E-state index in [2.05, 4.69) is 4.74 Å². The summed E-state index contributed by atoms with van der Waals surface area (Å²) in [5, 5.41) is 0. The average molecular weight is 219 g/mol. The third kappa shape index (κ3) is 6.43. The summed E-state index contributed by atoms with van der Waals surface area (Å²) >= 11 is 0. The summed E-state index contributed by atoms with van der Waals surface area (Å²) < 4.78 is 15.0. The number of carbonyl (C=O) groups excluding carboxylic acids is 1. The fraction of sp³-hybridized carbons (Fsp3) is 0.900. The molecule has 0 aliphatic heterocycles. The molecule has 0 rings (SSSR count). The van der Waals surface area contributed by atoms with Gasteiger partial charge in [0.25, 0.3) is 0 Å². The van der Waals surface area contributed by atoms with Crippen LogP contribution in [-0.4, -0.2) is 44.5 Å². The van der Waals surface area contributed by atoms with Crippen molar-refractivity contribution >= 4 is 5.97 Å². The zero-order valence-corrected chi connectivity index (χ0v) is 9.91. The molecule has 0 amide bonds. The second-order valence-electron chi connectivity index (χ2n) is 3.88. The molecule has 2 N–H and O–H groups in total. The lowest BCUT2D eigenvalue weighted by atomic mass is 10.1. The van der Waals surface area contributed by atoms with Crippen molar-refractivity contribution < 1.29 is 19.0 Å². The molecule has 1 atom stereocenters. The smallest absolute Gasteiger partial charge is 0.327 e. The summed E-state index contributed by atoms with van der Waals surface area (Å²) in [6, 6.07) is 0. The Bertz CT molecular complexity index is 192. The molecule has 0 aromatic carbocycles. The van der Waals surface area contributed by atoms with E-state index in [0.29, 0.717) is 13.2 Å². The molecular weight excluding hydrogens is 198 g/mol. The Morgan fingerprint density at radius 3 is 2.47 bits per heavy atom. The average Bonchev–Trinajstić information content (AvgIpc) is 2.15. The van der Waals surface area contributed by atoms with E-state index >= 15 is 0 Å². The van der Waals surface area contributed by atoms with Gasteiger partial charge >= 0.3 is 5.97 Å². The number of esters is 1. The van der Waals surface area contributed by atoms with Crippen molar-refractivity contribution in [2.45, 2.75) is 32.4 Å². The van der Waals surface area contributed by atoms with Gasteiger partial charge in [-0.05, 0) is 20.8 Å². The number of ether oxygens (including phenoxy) is 3. The van der Waals surface area contributed by atoms with Crippen LogP contribution < -0.4 is 5.73 Å². The van der Waals surface area contributed by atoms with E-state index in [9.17, 15) is 4.79 Å². The lowest BCUT2D eigenvalue weighted by Gasteiger charge is -2.21. The highest BCUT2D eigenvalue weighted by molar-refractivity contribution is 5.80. The normalized spacial score (nSPS) is 15.1. The Morgan fingerprint density at radius 1 is 1.40 bits per heavy atom. The number of carbonyl (C=O) groups is 1. The number of rotatable bonds is 7. The van der Waals surface area contributed by atoms with Crippen LogP contribution in [0.4, 0.5) is 0 Å². The zero-order valence-electron chi connectivity index (χ0n) is 9.91. The number of hydrogen-bond acceptors (Lipinski definition) is 5. The van der Waals surface area contributed by atoms with Crippen molar-refractivity contribution in [1.29, 1.82) is 0 Å². The largest absolute Gasteiger partial charge is 0.468 e. The maximum atomic E-state index is 11.1. The molecule has 0 heterocycles. The Kier molecular flexibility index (Phi) is 6.47. The predicted octanol–water partition coefficient (Wildman–Crippen LogP) is 0.318. The molecule has 0 aromatic rings. The van der Waals surface area contributed by atoms with Gasteiger partial charge in [0, 0.05) is 0 Å². The minimum absolute atomic E-state index is 0.126. The van der Waals surface area contributed by atoms with Crippen LogP contribution in [-0.2, 0) is 19.0 Å². The lowest BCUT2D eigenvalue weighted by Crippen LogP contribution is -2.50. The molecule has 5 nitrogen and oxygen atoms in total. The van der Waals surface area contributed by atoms with Crippen molar-refractivity contribution in [3.63, 3.8) is 0 Å². The van der Waals surface area contributed by atoms with Gasteiger partial charge < -0.3 is 19.9 Å². The first-order chi connectivity index (χ1) is 6.90. The second-order valence-corrected chi connectivity index (χ2v) is 3.88. The summed E-state index contributed by atoms with van der Waals surface area (Å²) in [5.74, 6) is -0.479. The standard InChI is InChI=1S/C10H21NO4/c1-8(2)15-6-5-14-7-10(3,11)9(12)13-4/h8H,5-7,11H2,1-4H3. The van der Waals surface area contributed by atoms with Crippen molar-refractivity contribution in [2.24, 2.45) is 5.73 Å². The first kappa shape index (κ1) is 14.3. The Labute approximate surface area is 90.9 Å². The summed E-state index contributed by atoms with van der Waals surface area (Å²) in [5.41, 5.74) is 4.58. The van der Waals surface area contributed by atoms with E-state index in [1.807, 2.05) is 13.8 Å². The third-order valence-corrected chi connectivity index (χ3v) is 1.73. The first-order valence-corrected chi connectivity index (χ1v) is 4.97. The van der Waals surface area contributed by atoms with Gasteiger partial charge in [0.05, 0.1) is 33.0 Å². The summed E-state index contributed by atoms with van der Waals surface area (Å²) in [6.45, 7) is 6.50. The van der Waals surface area contributed by atoms with Crippen LogP contribution in [0.25, 0.3) is 0 Å². The van der Waals surface area contributed by atoms with E-state index in [-0.39, 0.29) is 12.7 Å². The van der Waals surface area contributed by atoms with Gasteiger partial charge in [0.15, 0.2) is 0 Å². The van der Waals surface area contributed by atoms with Crippen LogP contribution in [0.2, 0.25) is 0 Å². The van der Waals surface area contributed by atoms with E-state index in [4.69, 9.17) is 15.2 Å². The van der Waals surface area contributed by atoms with E-state index in [1.54, 1.807) is 6.92 Å². The highest BCUT2D eigenvalue weighted by atomic mass is 16.5. The molecule has 90 valence electrons. The summed E-state index contributed by atoms with van der Waals surface area (Å²) in [6.07, 6.45) is 0.179. The molecule has 0 radical (unpaired) electrons. The molecule has 0 saturated carbocycles. The molecule has 5 heteroatoms. The highest BCUT2D eigenvalue weighted by Crippen LogP contribution is 2.02. The van der Waals surface area contributed by atoms with Gasteiger partial charge in [-0.25, -0.2) is 4.79 Å². The quantitative estimate of drug-likeness (QED) is 0.493. The van der Waals surface area contributed by atoms with Crippen molar-refractivity contribution in [2.75, 3.05) is 26.9 Å².